The van der Waals surface area contributed by atoms with Gasteiger partial charge in [0.1, 0.15) is 23.7 Å². The molecule has 1 aromatic carbocycles. The topological polar surface area (TPSA) is 170 Å². The van der Waals surface area contributed by atoms with Gasteiger partial charge in [-0.1, -0.05) is 26.0 Å². The average molecular weight is 931 g/mol. The number of benzene rings is 1. The molecule has 3 atom stereocenters. The maximum absolute atomic E-state index is 11.4. The molecule has 3 aliphatic heterocycles. The summed E-state index contributed by atoms with van der Waals surface area (Å²) in [6, 6.07) is 8.10. The second-order valence-electron chi connectivity index (χ2n) is 13.3. The molecule has 1 aromatic heterocycles. The van der Waals surface area contributed by atoms with Crippen LogP contribution in [0.5, 0.6) is 0 Å². The van der Waals surface area contributed by atoms with E-state index in [1.165, 1.54) is 59.9 Å². The number of hydrogen-bond donors (Lipinski definition) is 2. The molecule has 0 radical (unpaired) electrons. The molecule has 0 amide bonds. The molecule has 16 nitrogen and oxygen atoms in total. The quantitative estimate of drug-likeness (QED) is 0.120. The van der Waals surface area contributed by atoms with Crippen molar-refractivity contribution < 1.29 is 72.0 Å². The Morgan fingerprint density at radius 2 is 1.10 bits per heavy atom. The molecule has 2 N–H and O–H groups in total. The first kappa shape index (κ1) is 54.9. The van der Waals surface area contributed by atoms with Gasteiger partial charge in [-0.05, 0) is 87.4 Å². The van der Waals surface area contributed by atoms with Crippen molar-refractivity contribution in [3.05, 3.63) is 24.3 Å². The molecule has 0 spiro atoms. The Labute approximate surface area is 338 Å². The van der Waals surface area contributed by atoms with Crippen molar-refractivity contribution in [2.45, 2.75) is 91.3 Å². The zero-order valence-electron chi connectivity index (χ0n) is 34.7. The molecule has 344 valence electrons. The normalized spacial score (nSPS) is 20.1. The summed E-state index contributed by atoms with van der Waals surface area (Å²) >= 11 is 0. The number of aliphatic hydroxyl groups is 1. The molecule has 3 unspecified atom stereocenters. The smallest absolute Gasteiger partial charge is 0.183 e. The van der Waals surface area contributed by atoms with E-state index in [0.29, 0.717) is 0 Å². The van der Waals surface area contributed by atoms with Crippen molar-refractivity contribution in [2.24, 2.45) is 0 Å². The van der Waals surface area contributed by atoms with Gasteiger partial charge in [-0.25, -0.2) is 0 Å². The largest absolute Gasteiger partial charge is 0.451 e. The van der Waals surface area contributed by atoms with Crippen molar-refractivity contribution in [1.82, 2.24) is 29.2 Å². The molecule has 0 saturated carbocycles. The van der Waals surface area contributed by atoms with Crippen LogP contribution in [0.15, 0.2) is 24.3 Å². The molecule has 3 fully saturated rings. The second-order valence-corrected chi connectivity index (χ2v) is 22.2. The van der Waals surface area contributed by atoms with Gasteiger partial charge in [0.25, 0.3) is 0 Å². The molecule has 2 aromatic rings. The molecule has 5 rings (SSSR count). The first-order valence-electron chi connectivity index (χ1n) is 18.9. The molecular weight excluding hydrogens is 866 g/mol. The fourth-order valence-corrected chi connectivity index (χ4v) is 11.0. The van der Waals surface area contributed by atoms with Crippen molar-refractivity contribution in [2.75, 3.05) is 80.4 Å². The number of fused-ring (bicyclic) bond motifs is 1. The number of aliphatic hydroxyl groups excluding tert-OH is 1. The number of halogens is 6. The molecule has 4 heterocycles. The predicted octanol–water partition coefficient (Wildman–Crippen LogP) is 9.65. The predicted molar refractivity (Wildman–Crippen MR) is 215 cm³/mol. The molecule has 0 aliphatic carbocycles. The Balaban J connectivity index is 0.000000442. The standard InChI is InChI=1S/C18H28N6OP.C7H17O4P.C6H15O4P.CH4O.F6P/c1-2-10-18-17(9-1)19-20-24(18)25-26(21-11-3-4-12-21,22-13-5-6-14-22)23-15-7-8-16-23;1-5-7(2)11-6-12(8,9-3)10-4;1-4-6(2)10-5-11(7,8)9-3;1-2;1-7(2,3,4,5)6/h1-2,9-10H,3-8,11-16H2;7H,5-6H2,1-4H3;6H,4-5H2,1-3H3,(H,7,8);2H,1H3;/q+1;;;;-1. The monoisotopic (exact) mass is 930 g/mol. The van der Waals surface area contributed by atoms with E-state index in [2.05, 4.69) is 34.9 Å². The van der Waals surface area contributed by atoms with Crippen molar-refractivity contribution >= 4 is 42.0 Å². The molecule has 58 heavy (non-hydrogen) atoms. The summed E-state index contributed by atoms with van der Waals surface area (Å²) in [6.07, 6.45) is 9.21. The fraction of sp³-hybridized carbons (Fsp3) is 0.812. The Hall–Kier alpha value is -1.08. The van der Waals surface area contributed by atoms with E-state index in [-0.39, 0.29) is 24.9 Å². The van der Waals surface area contributed by atoms with E-state index >= 15 is 0 Å². The Kier molecular flexibility index (Phi) is 22.7. The van der Waals surface area contributed by atoms with Crippen LogP contribution in [0.1, 0.15) is 79.1 Å². The van der Waals surface area contributed by atoms with E-state index in [1.807, 2.05) is 45.9 Å². The van der Waals surface area contributed by atoms with Crippen molar-refractivity contribution in [3.63, 3.8) is 0 Å². The van der Waals surface area contributed by atoms with E-state index < -0.39 is 30.9 Å². The molecule has 3 saturated heterocycles. The van der Waals surface area contributed by atoms with Crippen molar-refractivity contribution in [3.8, 4) is 0 Å². The zero-order valence-corrected chi connectivity index (χ0v) is 38.3. The molecular formula is C32H64F6N6O10P4. The minimum absolute atomic E-state index is 0.00521. The van der Waals surface area contributed by atoms with Gasteiger partial charge < -0.3 is 33.0 Å². The fourth-order valence-electron chi connectivity index (χ4n) is 5.49. The van der Waals surface area contributed by atoms with Crippen LogP contribution < -0.4 is 4.62 Å². The summed E-state index contributed by atoms with van der Waals surface area (Å²) in [7, 11) is -14.3. The average Bonchev–Trinajstić information content (AvgIpc) is 4.04. The van der Waals surface area contributed by atoms with E-state index in [4.69, 9.17) is 33.1 Å². The minimum Gasteiger partial charge on any atom is -0.183 e. The molecule has 26 heteroatoms. The number of para-hydroxylation sites is 1. The van der Waals surface area contributed by atoms with E-state index in [9.17, 15) is 34.3 Å². The van der Waals surface area contributed by atoms with Crippen LogP contribution >= 0.6 is 30.9 Å². The number of rotatable bonds is 16. The second kappa shape index (κ2) is 23.9. The van der Waals surface area contributed by atoms with Crippen LogP contribution in [0.4, 0.5) is 25.2 Å². The van der Waals surface area contributed by atoms with Gasteiger partial charge in [-0.3, -0.25) is 9.13 Å². The summed E-state index contributed by atoms with van der Waals surface area (Å²) in [5.74, 6) is 0. The maximum Gasteiger partial charge on any atom is 0.451 e. The number of ether oxygens (including phenoxy) is 2. The summed E-state index contributed by atoms with van der Waals surface area (Å²) < 4.78 is 120. The van der Waals surface area contributed by atoms with Crippen LogP contribution in [-0.4, -0.2) is 132 Å². The first-order chi connectivity index (χ1) is 26.9. The SMILES string of the molecule is CCC(C)OCP(=O)(O)OC.CCC(C)OCP(=O)(OC)OC.CO.F[P-](F)(F)(F)(F)F.c1ccc2c(c1)nnn2O[P+](N1CCCC1)(N1CCCC1)N1CCCC1. The summed E-state index contributed by atoms with van der Waals surface area (Å²) in [5.41, 5.74) is 1.87. The first-order valence-corrected chi connectivity index (χ1v) is 26.0. The summed E-state index contributed by atoms with van der Waals surface area (Å²) in [4.78, 5) is 10.6. The van der Waals surface area contributed by atoms with Gasteiger partial charge in [0.15, 0.2) is 0 Å². The third kappa shape index (κ3) is 20.7. The van der Waals surface area contributed by atoms with Gasteiger partial charge in [-0.2, -0.15) is 4.62 Å². The van der Waals surface area contributed by atoms with Crippen LogP contribution in [0.3, 0.4) is 0 Å². The van der Waals surface area contributed by atoms with Crippen LogP contribution in [0.2, 0.25) is 0 Å². The zero-order chi connectivity index (χ0) is 44.3. The Bertz CT molecular complexity index is 1500. The minimum atomic E-state index is -10.7. The van der Waals surface area contributed by atoms with Gasteiger partial charge in [-0.15, -0.1) is 19.1 Å². The van der Waals surface area contributed by atoms with Gasteiger partial charge >= 0.3 is 56.1 Å². The van der Waals surface area contributed by atoms with Gasteiger partial charge in [0.05, 0.1) is 12.2 Å². The van der Waals surface area contributed by atoms with Crippen LogP contribution in [0, 0.1) is 0 Å². The summed E-state index contributed by atoms with van der Waals surface area (Å²) in [6.45, 7) is 14.5. The Morgan fingerprint density at radius 1 is 0.724 bits per heavy atom. The third-order valence-electron chi connectivity index (χ3n) is 8.89. The number of nitrogens with zero attached hydrogens (tertiary/aromatic N) is 6. The van der Waals surface area contributed by atoms with Gasteiger partial charge in [0, 0.05) is 67.7 Å². The van der Waals surface area contributed by atoms with Gasteiger partial charge in [0.2, 0.25) is 0 Å². The summed E-state index contributed by atoms with van der Waals surface area (Å²) in [5, 5.41) is 15.7. The molecule has 0 bridgehead atoms. The number of hydrogen-bond acceptors (Lipinski definition) is 14. The third-order valence-corrected chi connectivity index (χ3v) is 15.3. The van der Waals surface area contributed by atoms with Crippen molar-refractivity contribution in [1.29, 1.82) is 0 Å². The van der Waals surface area contributed by atoms with E-state index in [0.717, 1.165) is 70.3 Å². The number of aromatic nitrogens is 3. The van der Waals surface area contributed by atoms with E-state index in [1.54, 1.807) is 4.85 Å². The van der Waals surface area contributed by atoms with Crippen LogP contribution in [0.25, 0.3) is 11.0 Å². The van der Waals surface area contributed by atoms with Crippen LogP contribution in [-0.2, 0) is 32.2 Å². The Morgan fingerprint density at radius 3 is 1.47 bits per heavy atom. The molecule has 3 aliphatic rings. The maximum atomic E-state index is 11.4.